The van der Waals surface area contributed by atoms with Crippen LogP contribution in [-0.4, -0.2) is 47.0 Å². The maximum Gasteiger partial charge on any atom is 0.248 e. The van der Waals surface area contributed by atoms with Crippen molar-refractivity contribution >= 4 is 11.8 Å². The van der Waals surface area contributed by atoms with E-state index >= 15 is 0 Å². The highest BCUT2D eigenvalue weighted by Crippen LogP contribution is 2.20. The van der Waals surface area contributed by atoms with E-state index in [2.05, 4.69) is 5.32 Å². The quantitative estimate of drug-likeness (QED) is 0.838. The number of hydrogen-bond acceptors (Lipinski definition) is 3. The average Bonchev–Trinajstić information content (AvgIpc) is 2.23. The summed E-state index contributed by atoms with van der Waals surface area (Å²) in [6.07, 6.45) is 0.614. The molecular formula is C14H26N2O3. The molecule has 0 aromatic heterocycles. The van der Waals surface area contributed by atoms with Gasteiger partial charge >= 0.3 is 0 Å². The summed E-state index contributed by atoms with van der Waals surface area (Å²) in [5.74, 6) is -0.126. The van der Waals surface area contributed by atoms with Crippen LogP contribution in [0.15, 0.2) is 0 Å². The average molecular weight is 270 g/mol. The molecule has 1 rings (SSSR count). The summed E-state index contributed by atoms with van der Waals surface area (Å²) in [6, 6.07) is -0.385. The van der Waals surface area contributed by atoms with E-state index in [0.29, 0.717) is 19.6 Å². The second-order valence-electron chi connectivity index (χ2n) is 6.50. The zero-order valence-electron chi connectivity index (χ0n) is 12.9. The Morgan fingerprint density at radius 3 is 2.37 bits per heavy atom. The normalized spacial score (nSPS) is 23.5. The molecule has 0 aromatic carbocycles. The molecule has 5 heteroatoms. The first-order valence-electron chi connectivity index (χ1n) is 6.85. The lowest BCUT2D eigenvalue weighted by atomic mass is 9.96. The minimum Gasteiger partial charge on any atom is -0.374 e. The largest absolute Gasteiger partial charge is 0.374 e. The number of carbonyl (C=O) groups excluding carboxylic acids is 2. The Bertz CT molecular complexity index is 358. The molecule has 5 nitrogen and oxygen atoms in total. The van der Waals surface area contributed by atoms with E-state index in [0.717, 1.165) is 0 Å². The molecule has 0 aromatic rings. The molecule has 1 atom stereocenters. The molecule has 19 heavy (non-hydrogen) atoms. The van der Waals surface area contributed by atoms with Crippen molar-refractivity contribution in [3.63, 3.8) is 0 Å². The third kappa shape index (κ3) is 3.93. The lowest BCUT2D eigenvalue weighted by molar-refractivity contribution is -0.155. The Balaban J connectivity index is 2.75. The van der Waals surface area contributed by atoms with Crippen molar-refractivity contribution in [2.24, 2.45) is 0 Å². The SMILES string of the molecule is CCC1C(=O)NC(C)(C)C(=O)N1CCOC(C)(C)C. The van der Waals surface area contributed by atoms with Gasteiger partial charge in [0.2, 0.25) is 11.8 Å². The number of piperazine rings is 1. The number of hydrogen-bond donors (Lipinski definition) is 1. The summed E-state index contributed by atoms with van der Waals surface area (Å²) >= 11 is 0. The van der Waals surface area contributed by atoms with Crippen LogP contribution >= 0.6 is 0 Å². The van der Waals surface area contributed by atoms with Crippen molar-refractivity contribution in [2.45, 2.75) is 65.1 Å². The Kier molecular flexibility index (Phi) is 4.61. The van der Waals surface area contributed by atoms with E-state index in [1.54, 1.807) is 18.7 Å². The van der Waals surface area contributed by atoms with Gasteiger partial charge in [0.15, 0.2) is 0 Å². The molecular weight excluding hydrogens is 244 g/mol. The van der Waals surface area contributed by atoms with Gasteiger partial charge in [-0.1, -0.05) is 6.92 Å². The molecule has 1 aliphatic heterocycles. The number of nitrogens with one attached hydrogen (secondary N) is 1. The molecule has 1 fully saturated rings. The van der Waals surface area contributed by atoms with Gasteiger partial charge in [-0.3, -0.25) is 9.59 Å². The number of ether oxygens (including phenoxy) is 1. The van der Waals surface area contributed by atoms with Gasteiger partial charge in [0.1, 0.15) is 11.6 Å². The number of rotatable bonds is 4. The third-order valence-electron chi connectivity index (χ3n) is 3.16. The zero-order valence-corrected chi connectivity index (χ0v) is 12.9. The summed E-state index contributed by atoms with van der Waals surface area (Å²) in [5.41, 5.74) is -1.07. The first-order valence-corrected chi connectivity index (χ1v) is 6.85. The van der Waals surface area contributed by atoms with Crippen molar-refractivity contribution in [1.82, 2.24) is 10.2 Å². The first kappa shape index (κ1) is 16.0. The molecule has 0 radical (unpaired) electrons. The number of nitrogens with zero attached hydrogens (tertiary/aromatic N) is 1. The van der Waals surface area contributed by atoms with Crippen LogP contribution in [0.5, 0.6) is 0 Å². The lowest BCUT2D eigenvalue weighted by Crippen LogP contribution is -2.68. The van der Waals surface area contributed by atoms with E-state index in [1.165, 1.54) is 0 Å². The van der Waals surface area contributed by atoms with Crippen molar-refractivity contribution < 1.29 is 14.3 Å². The smallest absolute Gasteiger partial charge is 0.248 e. The van der Waals surface area contributed by atoms with Gasteiger partial charge < -0.3 is 15.0 Å². The Morgan fingerprint density at radius 2 is 1.89 bits per heavy atom. The molecule has 0 spiro atoms. The van der Waals surface area contributed by atoms with E-state index in [9.17, 15) is 9.59 Å². The van der Waals surface area contributed by atoms with Gasteiger partial charge in [0.05, 0.1) is 12.2 Å². The lowest BCUT2D eigenvalue weighted by Gasteiger charge is -2.42. The van der Waals surface area contributed by atoms with E-state index < -0.39 is 5.54 Å². The molecule has 1 heterocycles. The molecule has 110 valence electrons. The van der Waals surface area contributed by atoms with Crippen LogP contribution in [0, 0.1) is 0 Å². The van der Waals surface area contributed by atoms with Crippen LogP contribution in [0.25, 0.3) is 0 Å². The van der Waals surface area contributed by atoms with E-state index in [1.807, 2.05) is 27.7 Å². The minimum atomic E-state index is -0.829. The molecule has 1 aliphatic rings. The monoisotopic (exact) mass is 270 g/mol. The maximum atomic E-state index is 12.4. The topological polar surface area (TPSA) is 58.6 Å². The van der Waals surface area contributed by atoms with E-state index in [4.69, 9.17) is 4.74 Å². The summed E-state index contributed by atoms with van der Waals surface area (Å²) < 4.78 is 5.65. The Hall–Kier alpha value is -1.10. The predicted octanol–water partition coefficient (Wildman–Crippen LogP) is 1.32. The van der Waals surface area contributed by atoms with Crippen LogP contribution in [0.2, 0.25) is 0 Å². The van der Waals surface area contributed by atoms with Crippen molar-refractivity contribution in [3.05, 3.63) is 0 Å². The summed E-state index contributed by atoms with van der Waals surface area (Å²) in [4.78, 5) is 26.0. The van der Waals surface area contributed by atoms with E-state index in [-0.39, 0.29) is 23.5 Å². The van der Waals surface area contributed by atoms with Gasteiger partial charge in [0, 0.05) is 6.54 Å². The highest BCUT2D eigenvalue weighted by atomic mass is 16.5. The molecule has 1 saturated heterocycles. The highest BCUT2D eigenvalue weighted by Gasteiger charge is 2.44. The van der Waals surface area contributed by atoms with Crippen molar-refractivity contribution in [1.29, 1.82) is 0 Å². The Labute approximate surface area is 115 Å². The van der Waals surface area contributed by atoms with Crippen LogP contribution in [0.1, 0.15) is 48.0 Å². The molecule has 1 N–H and O–H groups in total. The fourth-order valence-corrected chi connectivity index (χ4v) is 2.20. The second-order valence-corrected chi connectivity index (χ2v) is 6.50. The van der Waals surface area contributed by atoms with Crippen molar-refractivity contribution in [2.75, 3.05) is 13.2 Å². The van der Waals surface area contributed by atoms with Crippen LogP contribution in [0.3, 0.4) is 0 Å². The van der Waals surface area contributed by atoms with Gasteiger partial charge in [-0.05, 0) is 41.0 Å². The van der Waals surface area contributed by atoms with Gasteiger partial charge in [0.25, 0.3) is 0 Å². The second kappa shape index (κ2) is 5.49. The highest BCUT2D eigenvalue weighted by molar-refractivity contribution is 5.99. The Morgan fingerprint density at radius 1 is 1.32 bits per heavy atom. The number of amides is 2. The van der Waals surface area contributed by atoms with Gasteiger partial charge in [-0.25, -0.2) is 0 Å². The fourth-order valence-electron chi connectivity index (χ4n) is 2.20. The molecule has 0 saturated carbocycles. The summed E-state index contributed by atoms with van der Waals surface area (Å²) in [7, 11) is 0. The van der Waals surface area contributed by atoms with Crippen LogP contribution < -0.4 is 5.32 Å². The van der Waals surface area contributed by atoms with Crippen LogP contribution in [-0.2, 0) is 14.3 Å². The standard InChI is InChI=1S/C14H26N2O3/c1-7-10-11(17)15-14(5,6)12(18)16(10)8-9-19-13(2,3)4/h10H,7-9H2,1-6H3,(H,15,17). The molecule has 0 bridgehead atoms. The molecule has 2 amide bonds. The van der Waals surface area contributed by atoms with Gasteiger partial charge in [-0.15, -0.1) is 0 Å². The van der Waals surface area contributed by atoms with Gasteiger partial charge in [-0.2, -0.15) is 0 Å². The molecule has 1 unspecified atom stereocenters. The zero-order chi connectivity index (χ0) is 14.8. The predicted molar refractivity (Wildman–Crippen MR) is 73.7 cm³/mol. The molecule has 0 aliphatic carbocycles. The summed E-state index contributed by atoms with van der Waals surface area (Å²) in [5, 5.41) is 2.77. The van der Waals surface area contributed by atoms with Crippen LogP contribution in [0.4, 0.5) is 0 Å². The third-order valence-corrected chi connectivity index (χ3v) is 3.16. The first-order chi connectivity index (χ1) is 8.58. The minimum absolute atomic E-state index is 0.0449. The van der Waals surface area contributed by atoms with Crippen molar-refractivity contribution in [3.8, 4) is 0 Å². The maximum absolute atomic E-state index is 12.4. The fraction of sp³-hybridized carbons (Fsp3) is 0.857. The summed E-state index contributed by atoms with van der Waals surface area (Å²) in [6.45, 7) is 12.2. The number of carbonyl (C=O) groups is 2.